The van der Waals surface area contributed by atoms with Gasteiger partial charge in [-0.25, -0.2) is 10.2 Å². The summed E-state index contributed by atoms with van der Waals surface area (Å²) in [6, 6.07) is 8.04. The Morgan fingerprint density at radius 3 is 2.26 bits per heavy atom. The summed E-state index contributed by atoms with van der Waals surface area (Å²) in [5.41, 5.74) is 10.2. The zero-order chi connectivity index (χ0) is 14.5. The molecule has 6 nitrogen and oxygen atoms in total. The Morgan fingerprint density at radius 1 is 1.21 bits per heavy atom. The first-order valence-electron chi connectivity index (χ1n) is 5.88. The molecule has 0 aliphatic rings. The quantitative estimate of drug-likeness (QED) is 0.714. The molecule has 4 N–H and O–H groups in total. The van der Waals surface area contributed by atoms with E-state index in [2.05, 4.69) is 10.9 Å². The molecule has 1 aromatic rings. The van der Waals surface area contributed by atoms with Crippen LogP contribution in [0.1, 0.15) is 32.4 Å². The molecule has 1 aromatic carbocycles. The third kappa shape index (κ3) is 5.39. The van der Waals surface area contributed by atoms with Gasteiger partial charge in [0.05, 0.1) is 0 Å². The average Bonchev–Trinajstić information content (AvgIpc) is 2.27. The highest BCUT2D eigenvalue weighted by Crippen LogP contribution is 2.11. The first kappa shape index (κ1) is 15.0. The van der Waals surface area contributed by atoms with Gasteiger partial charge >= 0.3 is 6.09 Å². The van der Waals surface area contributed by atoms with E-state index in [0.717, 1.165) is 0 Å². The molecular weight excluding hydrogens is 246 g/mol. The number of rotatable bonds is 4. The van der Waals surface area contributed by atoms with Gasteiger partial charge in [0, 0.05) is 0 Å². The van der Waals surface area contributed by atoms with Crippen molar-refractivity contribution in [2.75, 3.05) is 0 Å². The maximum Gasteiger partial charge on any atom is 0.422 e. The number of nitrogens with two attached hydrogens (primary N) is 1. The van der Waals surface area contributed by atoms with E-state index < -0.39 is 23.6 Å². The third-order valence-electron chi connectivity index (χ3n) is 2.13. The van der Waals surface area contributed by atoms with Crippen molar-refractivity contribution in [3.63, 3.8) is 0 Å². The Labute approximate surface area is 112 Å². The molecule has 0 spiro atoms. The Balaban J connectivity index is 2.62. The van der Waals surface area contributed by atoms with Crippen LogP contribution >= 0.6 is 0 Å². The summed E-state index contributed by atoms with van der Waals surface area (Å²) < 4.78 is 5.04. The van der Waals surface area contributed by atoms with Gasteiger partial charge in [-0.05, 0) is 26.3 Å². The second-order valence-corrected chi connectivity index (χ2v) is 5.02. The number of hydrogen-bond acceptors (Lipinski definition) is 4. The maximum absolute atomic E-state index is 11.5. The highest BCUT2D eigenvalue weighted by Gasteiger charge is 2.20. The molecule has 0 aromatic heterocycles. The molecule has 19 heavy (non-hydrogen) atoms. The second-order valence-electron chi connectivity index (χ2n) is 5.02. The first-order valence-corrected chi connectivity index (χ1v) is 5.88. The van der Waals surface area contributed by atoms with E-state index in [1.165, 1.54) is 0 Å². The average molecular weight is 265 g/mol. The largest absolute Gasteiger partial charge is 0.443 e. The van der Waals surface area contributed by atoms with Crippen molar-refractivity contribution in [2.24, 2.45) is 5.73 Å². The highest BCUT2D eigenvalue weighted by atomic mass is 16.6. The van der Waals surface area contributed by atoms with Crippen molar-refractivity contribution in [2.45, 2.75) is 32.4 Å². The normalized spacial score (nSPS) is 12.6. The number of benzene rings is 1. The van der Waals surface area contributed by atoms with Crippen LogP contribution in [-0.2, 0) is 9.53 Å². The van der Waals surface area contributed by atoms with Crippen molar-refractivity contribution >= 4 is 12.0 Å². The summed E-state index contributed by atoms with van der Waals surface area (Å²) >= 11 is 0. The molecule has 0 saturated carbocycles. The summed E-state index contributed by atoms with van der Waals surface area (Å²) in [7, 11) is 0. The SMILES string of the molecule is CC(C)(C)OC(=O)NN[C@@H](C(N)=O)c1ccccc1. The summed E-state index contributed by atoms with van der Waals surface area (Å²) in [6.07, 6.45) is -0.672. The lowest BCUT2D eigenvalue weighted by atomic mass is 10.1. The molecule has 6 heteroatoms. The predicted molar refractivity (Wildman–Crippen MR) is 70.9 cm³/mol. The lowest BCUT2D eigenvalue weighted by molar-refractivity contribution is -0.120. The summed E-state index contributed by atoms with van der Waals surface area (Å²) in [5, 5.41) is 0. The Morgan fingerprint density at radius 2 is 1.79 bits per heavy atom. The van der Waals surface area contributed by atoms with Gasteiger partial charge in [-0.1, -0.05) is 30.3 Å². The van der Waals surface area contributed by atoms with Crippen LogP contribution in [0.2, 0.25) is 0 Å². The van der Waals surface area contributed by atoms with Crippen molar-refractivity contribution in [1.82, 2.24) is 10.9 Å². The fourth-order valence-electron chi connectivity index (χ4n) is 1.40. The van der Waals surface area contributed by atoms with Gasteiger partial charge < -0.3 is 10.5 Å². The van der Waals surface area contributed by atoms with Crippen molar-refractivity contribution in [3.8, 4) is 0 Å². The predicted octanol–water partition coefficient (Wildman–Crippen LogP) is 1.24. The number of carbonyl (C=O) groups excluding carboxylic acids is 2. The molecular formula is C13H19N3O3. The van der Waals surface area contributed by atoms with Crippen LogP contribution in [0.3, 0.4) is 0 Å². The molecule has 0 saturated heterocycles. The zero-order valence-electron chi connectivity index (χ0n) is 11.3. The molecule has 0 heterocycles. The van der Waals surface area contributed by atoms with Gasteiger partial charge in [0.2, 0.25) is 5.91 Å². The molecule has 0 bridgehead atoms. The summed E-state index contributed by atoms with van der Waals surface area (Å²) in [5.74, 6) is -0.595. The topological polar surface area (TPSA) is 93.4 Å². The molecule has 0 radical (unpaired) electrons. The lowest BCUT2D eigenvalue weighted by Gasteiger charge is -2.21. The molecule has 0 unspecified atom stereocenters. The van der Waals surface area contributed by atoms with Crippen LogP contribution in [0.15, 0.2) is 30.3 Å². The van der Waals surface area contributed by atoms with Gasteiger partial charge in [0.15, 0.2) is 0 Å². The number of ether oxygens (including phenoxy) is 1. The zero-order valence-corrected chi connectivity index (χ0v) is 11.3. The molecule has 2 amide bonds. The summed E-state index contributed by atoms with van der Waals surface area (Å²) in [4.78, 5) is 22.8. The van der Waals surface area contributed by atoms with Gasteiger partial charge in [0.1, 0.15) is 11.6 Å². The van der Waals surface area contributed by atoms with E-state index in [9.17, 15) is 9.59 Å². The lowest BCUT2D eigenvalue weighted by Crippen LogP contribution is -2.46. The number of primary amides is 1. The number of hydrogen-bond donors (Lipinski definition) is 3. The van der Waals surface area contributed by atoms with Gasteiger partial charge in [0.25, 0.3) is 0 Å². The fourth-order valence-corrected chi connectivity index (χ4v) is 1.40. The Bertz CT molecular complexity index is 440. The van der Waals surface area contributed by atoms with Gasteiger partial charge in [-0.3, -0.25) is 10.2 Å². The minimum absolute atomic E-state index is 0.595. The monoisotopic (exact) mass is 265 g/mol. The van der Waals surface area contributed by atoms with Crippen LogP contribution in [0.25, 0.3) is 0 Å². The fraction of sp³-hybridized carbons (Fsp3) is 0.385. The van der Waals surface area contributed by atoms with Crippen molar-refractivity contribution in [3.05, 3.63) is 35.9 Å². The molecule has 0 fully saturated rings. The van der Waals surface area contributed by atoms with E-state index in [4.69, 9.17) is 10.5 Å². The molecule has 0 aliphatic carbocycles. The molecule has 1 atom stereocenters. The minimum Gasteiger partial charge on any atom is -0.443 e. The van der Waals surface area contributed by atoms with E-state index in [1.54, 1.807) is 45.0 Å². The van der Waals surface area contributed by atoms with Gasteiger partial charge in [-0.15, -0.1) is 0 Å². The summed E-state index contributed by atoms with van der Waals surface area (Å²) in [6.45, 7) is 5.24. The van der Waals surface area contributed by atoms with E-state index in [-0.39, 0.29) is 0 Å². The number of nitrogens with one attached hydrogen (secondary N) is 2. The Kier molecular flexibility index (Phi) is 4.88. The van der Waals surface area contributed by atoms with Crippen molar-refractivity contribution < 1.29 is 14.3 Å². The number of carbonyl (C=O) groups is 2. The van der Waals surface area contributed by atoms with Crippen LogP contribution in [-0.4, -0.2) is 17.6 Å². The van der Waals surface area contributed by atoms with Crippen LogP contribution in [0.5, 0.6) is 0 Å². The number of hydrazine groups is 1. The van der Waals surface area contributed by atoms with E-state index in [1.807, 2.05) is 6.07 Å². The van der Waals surface area contributed by atoms with Crippen molar-refractivity contribution in [1.29, 1.82) is 0 Å². The third-order valence-corrected chi connectivity index (χ3v) is 2.13. The second kappa shape index (κ2) is 6.19. The molecule has 1 rings (SSSR count). The van der Waals surface area contributed by atoms with Gasteiger partial charge in [-0.2, -0.15) is 0 Å². The van der Waals surface area contributed by atoms with Crippen LogP contribution < -0.4 is 16.6 Å². The maximum atomic E-state index is 11.5. The first-order chi connectivity index (χ1) is 8.79. The van der Waals surface area contributed by atoms with Crippen LogP contribution in [0, 0.1) is 0 Å². The molecule has 0 aliphatic heterocycles. The highest BCUT2D eigenvalue weighted by molar-refractivity contribution is 5.81. The minimum atomic E-state index is -0.811. The smallest absolute Gasteiger partial charge is 0.422 e. The van der Waals surface area contributed by atoms with E-state index in [0.29, 0.717) is 5.56 Å². The standard InChI is InChI=1S/C13H19N3O3/c1-13(2,3)19-12(18)16-15-10(11(14)17)9-7-5-4-6-8-9/h4-8,10,15H,1-3H3,(H2,14,17)(H,16,18)/t10-/m1/s1. The molecule has 104 valence electrons. The van der Waals surface area contributed by atoms with Crippen LogP contribution in [0.4, 0.5) is 4.79 Å². The van der Waals surface area contributed by atoms with E-state index >= 15 is 0 Å². The Hall–Kier alpha value is -2.08. The number of amides is 2.